The second kappa shape index (κ2) is 12.2. The molecule has 0 saturated heterocycles. The number of halogens is 1. The van der Waals surface area contributed by atoms with Crippen LogP contribution in [0.1, 0.15) is 5.56 Å². The van der Waals surface area contributed by atoms with Crippen molar-refractivity contribution in [1.82, 2.24) is 5.43 Å². The summed E-state index contributed by atoms with van der Waals surface area (Å²) < 4.78 is 11.4. The van der Waals surface area contributed by atoms with Gasteiger partial charge in [-0.15, -0.1) is 0 Å². The molecule has 0 bridgehead atoms. The Morgan fingerprint density at radius 3 is 2.06 bits per heavy atom. The maximum absolute atomic E-state index is 12.0. The molecule has 0 aliphatic rings. The first-order chi connectivity index (χ1) is 16.4. The highest BCUT2D eigenvalue weighted by atomic mass is 79.9. The Morgan fingerprint density at radius 1 is 0.824 bits per heavy atom. The normalized spacial score (nSPS) is 10.4. The summed E-state index contributed by atoms with van der Waals surface area (Å²) >= 11 is 3.34. The molecule has 9 nitrogen and oxygen atoms in total. The zero-order valence-electron chi connectivity index (χ0n) is 18.1. The Bertz CT molecular complexity index is 1160. The van der Waals surface area contributed by atoms with Crippen molar-refractivity contribution in [2.24, 2.45) is 5.10 Å². The number of anilines is 2. The second-order valence-electron chi connectivity index (χ2n) is 6.79. The standard InChI is InChI=1S/C24H21BrN4O5/c1-33-20-12-8-19(9-13-20)28-23(31)24(32)29-26-14-16-2-10-21(11-3-16)34-15-22(30)27-18-6-4-17(25)5-7-18/h2-14H,15H2,1H3,(H,27,30)(H,28,31)(H,29,32)/b26-14-. The molecule has 0 aliphatic carbocycles. The predicted molar refractivity (Wildman–Crippen MR) is 132 cm³/mol. The number of nitrogens with zero attached hydrogens (tertiary/aromatic N) is 1. The summed E-state index contributed by atoms with van der Waals surface area (Å²) in [5.41, 5.74) is 3.94. The topological polar surface area (TPSA) is 118 Å². The number of carbonyl (C=O) groups is 3. The van der Waals surface area contributed by atoms with Gasteiger partial charge in [0.15, 0.2) is 6.61 Å². The van der Waals surface area contributed by atoms with Gasteiger partial charge in [0.2, 0.25) is 0 Å². The van der Waals surface area contributed by atoms with Crippen LogP contribution in [0.25, 0.3) is 0 Å². The Morgan fingerprint density at radius 2 is 1.41 bits per heavy atom. The van der Waals surface area contributed by atoms with Gasteiger partial charge in [0, 0.05) is 15.8 Å². The number of carbonyl (C=O) groups excluding carboxylic acids is 3. The number of rotatable bonds is 8. The molecule has 174 valence electrons. The average molecular weight is 525 g/mol. The van der Waals surface area contributed by atoms with Gasteiger partial charge in [0.1, 0.15) is 11.5 Å². The van der Waals surface area contributed by atoms with E-state index in [2.05, 4.69) is 37.1 Å². The Balaban J connectivity index is 1.41. The van der Waals surface area contributed by atoms with Gasteiger partial charge < -0.3 is 20.1 Å². The van der Waals surface area contributed by atoms with Crippen molar-refractivity contribution in [3.8, 4) is 11.5 Å². The number of hydrazone groups is 1. The summed E-state index contributed by atoms with van der Waals surface area (Å²) in [7, 11) is 1.53. The largest absolute Gasteiger partial charge is 0.497 e. The maximum Gasteiger partial charge on any atom is 0.329 e. The lowest BCUT2D eigenvalue weighted by Gasteiger charge is -2.08. The first-order valence-corrected chi connectivity index (χ1v) is 10.8. The van der Waals surface area contributed by atoms with Gasteiger partial charge in [-0.3, -0.25) is 14.4 Å². The Kier molecular flexibility index (Phi) is 8.75. The van der Waals surface area contributed by atoms with Crippen molar-refractivity contribution >= 4 is 51.2 Å². The minimum atomic E-state index is -0.913. The summed E-state index contributed by atoms with van der Waals surface area (Å²) in [6.07, 6.45) is 1.38. The smallest absolute Gasteiger partial charge is 0.329 e. The molecule has 0 aromatic heterocycles. The maximum atomic E-state index is 12.0. The highest BCUT2D eigenvalue weighted by Crippen LogP contribution is 2.16. The van der Waals surface area contributed by atoms with Gasteiger partial charge in [-0.2, -0.15) is 5.10 Å². The third kappa shape index (κ3) is 7.75. The molecule has 3 amide bonds. The van der Waals surface area contributed by atoms with Crippen LogP contribution in [0, 0.1) is 0 Å². The molecule has 3 rings (SSSR count). The van der Waals surface area contributed by atoms with E-state index in [9.17, 15) is 14.4 Å². The minimum absolute atomic E-state index is 0.150. The number of benzene rings is 3. The average Bonchev–Trinajstić information content (AvgIpc) is 2.85. The summed E-state index contributed by atoms with van der Waals surface area (Å²) in [4.78, 5) is 35.8. The molecular formula is C24H21BrN4O5. The van der Waals surface area contributed by atoms with Crippen molar-refractivity contribution in [2.75, 3.05) is 24.4 Å². The van der Waals surface area contributed by atoms with E-state index in [-0.39, 0.29) is 12.5 Å². The molecule has 3 aromatic carbocycles. The Labute approximate surface area is 204 Å². The van der Waals surface area contributed by atoms with E-state index in [0.717, 1.165) is 4.47 Å². The van der Waals surface area contributed by atoms with Crippen LogP contribution in [0.5, 0.6) is 11.5 Å². The third-order valence-corrected chi connectivity index (χ3v) is 4.84. The molecule has 0 heterocycles. The molecule has 0 spiro atoms. The molecular weight excluding hydrogens is 504 g/mol. The molecule has 3 aromatic rings. The number of nitrogens with one attached hydrogen (secondary N) is 3. The van der Waals surface area contributed by atoms with Crippen LogP contribution in [0.2, 0.25) is 0 Å². The van der Waals surface area contributed by atoms with Crippen LogP contribution < -0.4 is 25.5 Å². The predicted octanol–water partition coefficient (Wildman–Crippen LogP) is 3.56. The second-order valence-corrected chi connectivity index (χ2v) is 7.71. The highest BCUT2D eigenvalue weighted by Gasteiger charge is 2.12. The fourth-order valence-electron chi connectivity index (χ4n) is 2.61. The summed E-state index contributed by atoms with van der Waals surface area (Å²) in [5, 5.41) is 8.97. The molecule has 34 heavy (non-hydrogen) atoms. The molecule has 0 radical (unpaired) electrons. The van der Waals surface area contributed by atoms with E-state index in [1.54, 1.807) is 60.7 Å². The van der Waals surface area contributed by atoms with Crippen LogP contribution in [0.3, 0.4) is 0 Å². The van der Waals surface area contributed by atoms with Gasteiger partial charge in [0.05, 0.1) is 13.3 Å². The number of ether oxygens (including phenoxy) is 2. The Hall–Kier alpha value is -4.18. The minimum Gasteiger partial charge on any atom is -0.497 e. The van der Waals surface area contributed by atoms with Gasteiger partial charge >= 0.3 is 11.8 Å². The van der Waals surface area contributed by atoms with Crippen LogP contribution in [-0.4, -0.2) is 37.7 Å². The fraction of sp³-hybridized carbons (Fsp3) is 0.0833. The highest BCUT2D eigenvalue weighted by molar-refractivity contribution is 9.10. The van der Waals surface area contributed by atoms with E-state index >= 15 is 0 Å². The summed E-state index contributed by atoms with van der Waals surface area (Å²) in [6.45, 7) is -0.150. The molecule has 0 saturated carbocycles. The molecule has 0 unspecified atom stereocenters. The van der Waals surface area contributed by atoms with Crippen LogP contribution in [0.4, 0.5) is 11.4 Å². The van der Waals surface area contributed by atoms with Crippen molar-refractivity contribution in [3.05, 3.63) is 82.8 Å². The van der Waals surface area contributed by atoms with Crippen molar-refractivity contribution in [1.29, 1.82) is 0 Å². The van der Waals surface area contributed by atoms with E-state index in [1.165, 1.54) is 13.3 Å². The fourth-order valence-corrected chi connectivity index (χ4v) is 2.87. The zero-order valence-corrected chi connectivity index (χ0v) is 19.7. The monoisotopic (exact) mass is 524 g/mol. The quantitative estimate of drug-likeness (QED) is 0.236. The van der Waals surface area contributed by atoms with Gasteiger partial charge in [-0.1, -0.05) is 15.9 Å². The molecule has 0 atom stereocenters. The zero-order chi connectivity index (χ0) is 24.3. The van der Waals surface area contributed by atoms with Gasteiger partial charge in [0.25, 0.3) is 5.91 Å². The van der Waals surface area contributed by atoms with Crippen molar-refractivity contribution < 1.29 is 23.9 Å². The van der Waals surface area contributed by atoms with Crippen molar-refractivity contribution in [3.63, 3.8) is 0 Å². The number of amides is 3. The number of hydrogen-bond donors (Lipinski definition) is 3. The molecule has 0 fully saturated rings. The van der Waals surface area contributed by atoms with Crippen LogP contribution in [0.15, 0.2) is 82.4 Å². The molecule has 0 aliphatic heterocycles. The number of methoxy groups -OCH3 is 1. The third-order valence-electron chi connectivity index (χ3n) is 4.31. The summed E-state index contributed by atoms with van der Waals surface area (Å²) in [5.74, 6) is -0.932. The van der Waals surface area contributed by atoms with Crippen LogP contribution in [-0.2, 0) is 14.4 Å². The first-order valence-electron chi connectivity index (χ1n) is 9.99. The van der Waals surface area contributed by atoms with E-state index in [1.807, 2.05) is 12.1 Å². The number of hydrogen-bond acceptors (Lipinski definition) is 6. The first kappa shape index (κ1) is 24.5. The van der Waals surface area contributed by atoms with Crippen molar-refractivity contribution in [2.45, 2.75) is 0 Å². The lowest BCUT2D eigenvalue weighted by molar-refractivity contribution is -0.136. The van der Waals surface area contributed by atoms with Crippen LogP contribution >= 0.6 is 15.9 Å². The molecule has 10 heteroatoms. The van der Waals surface area contributed by atoms with E-state index in [0.29, 0.717) is 28.4 Å². The SMILES string of the molecule is COc1ccc(NC(=O)C(=O)N/N=C\c2ccc(OCC(=O)Nc3ccc(Br)cc3)cc2)cc1. The lowest BCUT2D eigenvalue weighted by Crippen LogP contribution is -2.32. The van der Waals surface area contributed by atoms with E-state index < -0.39 is 11.8 Å². The molecule has 3 N–H and O–H groups in total. The lowest BCUT2D eigenvalue weighted by atomic mass is 10.2. The summed E-state index contributed by atoms with van der Waals surface area (Å²) in [6, 6.07) is 20.4. The van der Waals surface area contributed by atoms with Gasteiger partial charge in [-0.05, 0) is 78.4 Å². The van der Waals surface area contributed by atoms with E-state index in [4.69, 9.17) is 9.47 Å². The van der Waals surface area contributed by atoms with Gasteiger partial charge in [-0.25, -0.2) is 5.43 Å².